The van der Waals surface area contributed by atoms with Gasteiger partial charge in [-0.2, -0.15) is 0 Å². The molecule has 0 atom stereocenters. The van der Waals surface area contributed by atoms with Crippen LogP contribution < -0.4 is 15.1 Å². The second-order valence-corrected chi connectivity index (χ2v) is 9.03. The standard InChI is InChI=1S/C25H29FN4O2/c26-19-8-10-20(11-9-19)29-15-5-14-28(16-17-29)18-23(31)30-22-7-2-1-6-21(22)27-24(32)25(30)12-3-4-13-25/h1-2,6-11H,3-5,12-18H2,(H,27,32). The summed E-state index contributed by atoms with van der Waals surface area (Å²) in [5.74, 6) is -0.299. The molecule has 1 N–H and O–H groups in total. The van der Waals surface area contributed by atoms with Crippen LogP contribution in [0.15, 0.2) is 48.5 Å². The van der Waals surface area contributed by atoms with Crippen molar-refractivity contribution in [2.75, 3.05) is 47.8 Å². The van der Waals surface area contributed by atoms with Gasteiger partial charge < -0.3 is 10.2 Å². The quantitative estimate of drug-likeness (QED) is 0.798. The Labute approximate surface area is 188 Å². The molecule has 0 aromatic heterocycles. The molecule has 1 spiro atoms. The number of rotatable bonds is 3. The molecule has 2 amide bonds. The summed E-state index contributed by atoms with van der Waals surface area (Å²) in [7, 11) is 0. The Hall–Kier alpha value is -2.93. The Morgan fingerprint density at radius 3 is 2.47 bits per heavy atom. The summed E-state index contributed by atoms with van der Waals surface area (Å²) in [5.41, 5.74) is 1.76. The van der Waals surface area contributed by atoms with Crippen LogP contribution in [-0.2, 0) is 9.59 Å². The van der Waals surface area contributed by atoms with Gasteiger partial charge in [0.1, 0.15) is 11.4 Å². The molecule has 7 heteroatoms. The zero-order valence-corrected chi connectivity index (χ0v) is 18.2. The number of nitrogens with zero attached hydrogens (tertiary/aromatic N) is 3. The van der Waals surface area contributed by atoms with E-state index in [1.54, 1.807) is 4.90 Å². The molecule has 2 fully saturated rings. The molecule has 0 bridgehead atoms. The van der Waals surface area contributed by atoms with Crippen molar-refractivity contribution in [3.05, 3.63) is 54.3 Å². The number of nitrogens with one attached hydrogen (secondary N) is 1. The maximum Gasteiger partial charge on any atom is 0.250 e. The monoisotopic (exact) mass is 436 g/mol. The minimum Gasteiger partial charge on any atom is -0.370 e. The molecule has 3 aliphatic rings. The van der Waals surface area contributed by atoms with Gasteiger partial charge in [0.25, 0.3) is 5.91 Å². The van der Waals surface area contributed by atoms with E-state index in [-0.39, 0.29) is 17.6 Å². The first-order valence-corrected chi connectivity index (χ1v) is 11.5. The second kappa shape index (κ2) is 8.54. The number of hydrogen-bond acceptors (Lipinski definition) is 4. The van der Waals surface area contributed by atoms with Crippen molar-refractivity contribution in [3.63, 3.8) is 0 Å². The van der Waals surface area contributed by atoms with Gasteiger partial charge in [0, 0.05) is 31.9 Å². The lowest BCUT2D eigenvalue weighted by atomic mass is 9.89. The average molecular weight is 437 g/mol. The van der Waals surface area contributed by atoms with E-state index in [1.165, 1.54) is 12.1 Å². The fourth-order valence-corrected chi connectivity index (χ4v) is 5.43. The molecule has 2 aromatic rings. The van der Waals surface area contributed by atoms with E-state index in [0.29, 0.717) is 25.1 Å². The van der Waals surface area contributed by atoms with Crippen LogP contribution in [0.2, 0.25) is 0 Å². The Bertz CT molecular complexity index is 1000. The Balaban J connectivity index is 1.33. The Morgan fingerprint density at radius 1 is 0.938 bits per heavy atom. The van der Waals surface area contributed by atoms with Gasteiger partial charge in [-0.25, -0.2) is 4.39 Å². The van der Waals surface area contributed by atoms with Gasteiger partial charge in [-0.05, 0) is 55.7 Å². The molecule has 2 aromatic carbocycles. The van der Waals surface area contributed by atoms with E-state index in [4.69, 9.17) is 0 Å². The molecular weight excluding hydrogens is 407 g/mol. The van der Waals surface area contributed by atoms with E-state index in [0.717, 1.165) is 56.8 Å². The van der Waals surface area contributed by atoms with Crippen LogP contribution in [0.3, 0.4) is 0 Å². The van der Waals surface area contributed by atoms with Gasteiger partial charge in [-0.1, -0.05) is 25.0 Å². The smallest absolute Gasteiger partial charge is 0.250 e. The van der Waals surface area contributed by atoms with Crippen LogP contribution in [0.1, 0.15) is 32.1 Å². The lowest BCUT2D eigenvalue weighted by molar-refractivity contribution is -0.128. The lowest BCUT2D eigenvalue weighted by Gasteiger charge is -2.45. The number of para-hydroxylation sites is 2. The highest BCUT2D eigenvalue weighted by atomic mass is 19.1. The Kier molecular flexibility index (Phi) is 5.59. The summed E-state index contributed by atoms with van der Waals surface area (Å²) in [5, 5.41) is 3.04. The minimum absolute atomic E-state index is 0.00979. The summed E-state index contributed by atoms with van der Waals surface area (Å²) >= 11 is 0. The number of carbonyl (C=O) groups is 2. The molecule has 2 heterocycles. The zero-order chi connectivity index (χ0) is 22.1. The normalized spacial score (nSPS) is 20.7. The SMILES string of the molecule is O=C(CN1CCCN(c2ccc(F)cc2)CC1)N1c2ccccc2NC(=O)C12CCCC2. The van der Waals surface area contributed by atoms with E-state index >= 15 is 0 Å². The highest BCUT2D eigenvalue weighted by Gasteiger charge is 2.52. The van der Waals surface area contributed by atoms with Crippen molar-refractivity contribution < 1.29 is 14.0 Å². The maximum absolute atomic E-state index is 13.7. The topological polar surface area (TPSA) is 55.9 Å². The number of amides is 2. The van der Waals surface area contributed by atoms with Gasteiger partial charge in [0.2, 0.25) is 5.91 Å². The Morgan fingerprint density at radius 2 is 1.69 bits per heavy atom. The van der Waals surface area contributed by atoms with E-state index < -0.39 is 5.54 Å². The van der Waals surface area contributed by atoms with Crippen LogP contribution in [-0.4, -0.2) is 55.0 Å². The van der Waals surface area contributed by atoms with Crippen LogP contribution in [0, 0.1) is 5.82 Å². The predicted octanol–water partition coefficient (Wildman–Crippen LogP) is 3.64. The molecule has 5 rings (SSSR count). The summed E-state index contributed by atoms with van der Waals surface area (Å²) in [4.78, 5) is 33.0. The van der Waals surface area contributed by atoms with Crippen molar-refractivity contribution in [3.8, 4) is 0 Å². The highest BCUT2D eigenvalue weighted by Crippen LogP contribution is 2.45. The highest BCUT2D eigenvalue weighted by molar-refractivity contribution is 6.15. The summed E-state index contributed by atoms with van der Waals surface area (Å²) in [6, 6.07) is 14.2. The molecule has 0 radical (unpaired) electrons. The molecule has 168 valence electrons. The number of fused-ring (bicyclic) bond motifs is 1. The van der Waals surface area contributed by atoms with Gasteiger partial charge in [0.15, 0.2) is 0 Å². The maximum atomic E-state index is 13.7. The van der Waals surface area contributed by atoms with Crippen molar-refractivity contribution in [1.29, 1.82) is 0 Å². The van der Waals surface area contributed by atoms with Gasteiger partial charge >= 0.3 is 0 Å². The van der Waals surface area contributed by atoms with Crippen molar-refractivity contribution in [1.82, 2.24) is 4.90 Å². The molecule has 1 saturated carbocycles. The van der Waals surface area contributed by atoms with E-state index in [9.17, 15) is 14.0 Å². The molecule has 0 unspecified atom stereocenters. The first-order chi connectivity index (χ1) is 15.6. The van der Waals surface area contributed by atoms with Crippen molar-refractivity contribution in [2.24, 2.45) is 0 Å². The minimum atomic E-state index is -0.766. The van der Waals surface area contributed by atoms with Crippen molar-refractivity contribution in [2.45, 2.75) is 37.6 Å². The number of hydrogen-bond donors (Lipinski definition) is 1. The molecule has 6 nitrogen and oxygen atoms in total. The fourth-order valence-electron chi connectivity index (χ4n) is 5.43. The summed E-state index contributed by atoms with van der Waals surface area (Å²) in [6.45, 7) is 3.51. The molecule has 2 aliphatic heterocycles. The largest absolute Gasteiger partial charge is 0.370 e. The van der Waals surface area contributed by atoms with Gasteiger partial charge in [-0.15, -0.1) is 0 Å². The summed E-state index contributed by atoms with van der Waals surface area (Å²) < 4.78 is 13.3. The molecular formula is C25H29FN4O2. The summed E-state index contributed by atoms with van der Waals surface area (Å²) in [6.07, 6.45) is 4.24. The van der Waals surface area contributed by atoms with Gasteiger partial charge in [0.05, 0.1) is 17.9 Å². The van der Waals surface area contributed by atoms with Gasteiger partial charge in [-0.3, -0.25) is 19.4 Å². The molecule has 1 aliphatic carbocycles. The van der Waals surface area contributed by atoms with Crippen LogP contribution in [0.4, 0.5) is 21.5 Å². The molecule has 32 heavy (non-hydrogen) atoms. The van der Waals surface area contributed by atoms with E-state index in [2.05, 4.69) is 15.1 Å². The zero-order valence-electron chi connectivity index (χ0n) is 18.2. The second-order valence-electron chi connectivity index (χ2n) is 9.03. The van der Waals surface area contributed by atoms with Crippen molar-refractivity contribution >= 4 is 28.9 Å². The third kappa shape index (κ3) is 3.75. The fraction of sp³-hybridized carbons (Fsp3) is 0.440. The number of carbonyl (C=O) groups excluding carboxylic acids is 2. The molecule has 1 saturated heterocycles. The van der Waals surface area contributed by atoms with E-state index in [1.807, 2.05) is 36.4 Å². The van der Waals surface area contributed by atoms with Crippen LogP contribution >= 0.6 is 0 Å². The predicted molar refractivity (Wildman–Crippen MR) is 123 cm³/mol. The third-order valence-corrected chi connectivity index (χ3v) is 7.06. The number of halogens is 1. The average Bonchev–Trinajstić information content (AvgIpc) is 3.16. The first-order valence-electron chi connectivity index (χ1n) is 11.5. The number of anilines is 3. The third-order valence-electron chi connectivity index (χ3n) is 7.06. The first kappa shape index (κ1) is 20.9. The van der Waals surface area contributed by atoms with Crippen LogP contribution in [0.5, 0.6) is 0 Å². The lowest BCUT2D eigenvalue weighted by Crippen LogP contribution is -2.62. The van der Waals surface area contributed by atoms with Crippen LogP contribution in [0.25, 0.3) is 0 Å². The number of benzene rings is 2.